The fourth-order valence-corrected chi connectivity index (χ4v) is 1.81. The molecule has 5 heteroatoms. The van der Waals surface area contributed by atoms with Gasteiger partial charge in [0.05, 0.1) is 12.4 Å². The lowest BCUT2D eigenvalue weighted by Gasteiger charge is -1.99. The molecule has 0 fully saturated rings. The van der Waals surface area contributed by atoms with Gasteiger partial charge in [-0.1, -0.05) is 48.5 Å². The van der Waals surface area contributed by atoms with E-state index in [1.165, 1.54) is 0 Å². The summed E-state index contributed by atoms with van der Waals surface area (Å²) >= 11 is 0. The number of hydrogen-bond acceptors (Lipinski definition) is 3. The van der Waals surface area contributed by atoms with Crippen LogP contribution in [0.15, 0.2) is 63.8 Å². The number of aryl methyl sites for hydroxylation is 2. The van der Waals surface area contributed by atoms with Gasteiger partial charge < -0.3 is 5.73 Å². The van der Waals surface area contributed by atoms with Gasteiger partial charge in [0.1, 0.15) is 0 Å². The van der Waals surface area contributed by atoms with Crippen LogP contribution < -0.4 is 11.2 Å². The van der Waals surface area contributed by atoms with Gasteiger partial charge in [-0.15, -0.1) is 5.10 Å². The van der Waals surface area contributed by atoms with Crippen LogP contribution in [-0.4, -0.2) is 18.4 Å². The van der Waals surface area contributed by atoms with Gasteiger partial charge in [0.2, 0.25) is 5.96 Å². The van der Waals surface area contributed by atoms with Crippen LogP contribution >= 0.6 is 0 Å². The van der Waals surface area contributed by atoms with Crippen molar-refractivity contribution < 1.29 is 0 Å². The first-order valence-electron chi connectivity index (χ1n) is 6.93. The quantitative estimate of drug-likeness (QED) is 0.516. The van der Waals surface area contributed by atoms with Crippen molar-refractivity contribution in [3.05, 3.63) is 70.8 Å². The summed E-state index contributed by atoms with van der Waals surface area (Å²) < 4.78 is 0. The lowest BCUT2D eigenvalue weighted by Crippen LogP contribution is -2.26. The van der Waals surface area contributed by atoms with Crippen molar-refractivity contribution in [3.8, 4) is 0 Å². The van der Waals surface area contributed by atoms with Crippen molar-refractivity contribution in [1.29, 1.82) is 0 Å². The van der Waals surface area contributed by atoms with Gasteiger partial charge in [0.25, 0.3) is 0 Å². The minimum atomic E-state index is 0.134. The minimum Gasteiger partial charge on any atom is -0.367 e. The van der Waals surface area contributed by atoms with Crippen LogP contribution in [0.4, 0.5) is 0 Å². The number of guanidine groups is 1. The molecule has 5 nitrogen and oxygen atoms in total. The monoisotopic (exact) mass is 293 g/mol. The van der Waals surface area contributed by atoms with E-state index < -0.39 is 0 Å². The predicted octanol–water partition coefficient (Wildman–Crippen LogP) is 2.58. The van der Waals surface area contributed by atoms with E-state index in [-0.39, 0.29) is 5.96 Å². The summed E-state index contributed by atoms with van der Waals surface area (Å²) in [5.74, 6) is 0.134. The predicted molar refractivity (Wildman–Crippen MR) is 92.3 cm³/mol. The molecule has 2 aromatic carbocycles. The Kier molecular flexibility index (Phi) is 5.43. The van der Waals surface area contributed by atoms with Crippen molar-refractivity contribution in [1.82, 2.24) is 5.43 Å². The number of nitrogens with one attached hydrogen (secondary N) is 1. The van der Waals surface area contributed by atoms with E-state index in [1.54, 1.807) is 12.4 Å². The zero-order valence-corrected chi connectivity index (χ0v) is 12.7. The summed E-state index contributed by atoms with van der Waals surface area (Å²) in [6.07, 6.45) is 3.36. The van der Waals surface area contributed by atoms with E-state index >= 15 is 0 Å². The van der Waals surface area contributed by atoms with Crippen molar-refractivity contribution >= 4 is 18.4 Å². The Morgan fingerprint density at radius 3 is 2.05 bits per heavy atom. The first-order chi connectivity index (χ1) is 10.7. The molecule has 0 spiro atoms. The second kappa shape index (κ2) is 7.73. The van der Waals surface area contributed by atoms with Crippen LogP contribution in [0.3, 0.4) is 0 Å². The second-order valence-electron chi connectivity index (χ2n) is 4.81. The van der Waals surface area contributed by atoms with Gasteiger partial charge in [0.15, 0.2) is 0 Å². The molecule has 22 heavy (non-hydrogen) atoms. The molecule has 0 aliphatic rings. The molecule has 0 saturated carbocycles. The van der Waals surface area contributed by atoms with E-state index in [9.17, 15) is 0 Å². The number of hydrazone groups is 1. The average molecular weight is 293 g/mol. The molecule has 0 aliphatic heterocycles. The van der Waals surface area contributed by atoms with E-state index in [2.05, 4.69) is 20.7 Å². The summed E-state index contributed by atoms with van der Waals surface area (Å²) in [5, 5.41) is 11.8. The third kappa shape index (κ3) is 4.56. The van der Waals surface area contributed by atoms with Crippen molar-refractivity contribution in [2.24, 2.45) is 21.0 Å². The van der Waals surface area contributed by atoms with Gasteiger partial charge in [-0.2, -0.15) is 10.2 Å². The highest BCUT2D eigenvalue weighted by Crippen LogP contribution is 2.04. The van der Waals surface area contributed by atoms with E-state index in [0.29, 0.717) is 0 Å². The van der Waals surface area contributed by atoms with Crippen molar-refractivity contribution in [2.45, 2.75) is 13.8 Å². The fraction of sp³-hybridized carbons (Fsp3) is 0.118. The lowest BCUT2D eigenvalue weighted by atomic mass is 10.1. The molecule has 2 aromatic rings. The third-order valence-electron chi connectivity index (χ3n) is 3.12. The largest absolute Gasteiger partial charge is 0.367 e. The van der Waals surface area contributed by atoms with E-state index in [4.69, 9.17) is 5.73 Å². The number of nitrogens with zero attached hydrogens (tertiary/aromatic N) is 3. The van der Waals surface area contributed by atoms with Gasteiger partial charge in [-0.05, 0) is 36.1 Å². The summed E-state index contributed by atoms with van der Waals surface area (Å²) in [6, 6.07) is 15.8. The summed E-state index contributed by atoms with van der Waals surface area (Å²) in [7, 11) is 0. The van der Waals surface area contributed by atoms with Gasteiger partial charge in [-0.3, -0.25) is 0 Å². The minimum absolute atomic E-state index is 0.134. The normalized spacial score (nSPS) is 12.2. The number of nitrogens with two attached hydrogens (primary N) is 1. The van der Waals surface area contributed by atoms with E-state index in [1.807, 2.05) is 62.4 Å². The third-order valence-corrected chi connectivity index (χ3v) is 3.12. The highest BCUT2D eigenvalue weighted by atomic mass is 15.4. The number of benzene rings is 2. The molecule has 0 radical (unpaired) electrons. The lowest BCUT2D eigenvalue weighted by molar-refractivity contribution is 0.993. The molecule has 2 rings (SSSR count). The Balaban J connectivity index is 1.93. The molecule has 0 saturated heterocycles. The number of rotatable bonds is 4. The molecule has 0 aromatic heterocycles. The van der Waals surface area contributed by atoms with Crippen molar-refractivity contribution in [3.63, 3.8) is 0 Å². The molecule has 0 bridgehead atoms. The van der Waals surface area contributed by atoms with Crippen LogP contribution in [0.25, 0.3) is 0 Å². The maximum Gasteiger partial charge on any atom is 0.234 e. The Bertz CT molecular complexity index is 716. The molecule has 0 aliphatic carbocycles. The first kappa shape index (κ1) is 15.4. The van der Waals surface area contributed by atoms with Crippen LogP contribution in [0.2, 0.25) is 0 Å². The summed E-state index contributed by atoms with van der Waals surface area (Å²) in [5.41, 5.74) is 12.6. The fourth-order valence-electron chi connectivity index (χ4n) is 1.81. The maximum atomic E-state index is 5.69. The van der Waals surface area contributed by atoms with Crippen LogP contribution in [0.1, 0.15) is 22.3 Å². The molecular formula is C17H19N5. The molecule has 0 heterocycles. The van der Waals surface area contributed by atoms with Crippen LogP contribution in [0, 0.1) is 13.8 Å². The van der Waals surface area contributed by atoms with Crippen LogP contribution in [0.5, 0.6) is 0 Å². The zero-order valence-electron chi connectivity index (χ0n) is 12.7. The van der Waals surface area contributed by atoms with Gasteiger partial charge >= 0.3 is 0 Å². The molecule has 0 atom stereocenters. The standard InChI is InChI=1S/C17H19N5/c1-13-7-3-5-9-15(13)11-19-21-17(18)22-20-12-16-10-6-4-8-14(16)2/h3-12H,1-2H3,(H3,18,21,22)/b19-11+,20-12+. The maximum absolute atomic E-state index is 5.69. The van der Waals surface area contributed by atoms with Gasteiger partial charge in [0, 0.05) is 0 Å². The highest BCUT2D eigenvalue weighted by molar-refractivity contribution is 5.85. The zero-order chi connectivity index (χ0) is 15.8. The average Bonchev–Trinajstić information content (AvgIpc) is 2.51. The molecule has 0 unspecified atom stereocenters. The molecule has 3 N–H and O–H groups in total. The highest BCUT2D eigenvalue weighted by Gasteiger charge is 1.93. The van der Waals surface area contributed by atoms with Crippen molar-refractivity contribution in [2.75, 3.05) is 0 Å². The second-order valence-corrected chi connectivity index (χ2v) is 4.81. The summed E-state index contributed by atoms with van der Waals surface area (Å²) in [6.45, 7) is 4.03. The Morgan fingerprint density at radius 1 is 0.909 bits per heavy atom. The number of hydrogen-bond donors (Lipinski definition) is 2. The Labute approximate surface area is 130 Å². The van der Waals surface area contributed by atoms with E-state index in [0.717, 1.165) is 22.3 Å². The Morgan fingerprint density at radius 2 is 1.45 bits per heavy atom. The molecule has 112 valence electrons. The topological polar surface area (TPSA) is 75.1 Å². The summed E-state index contributed by atoms with van der Waals surface area (Å²) in [4.78, 5) is 0. The first-order valence-corrected chi connectivity index (χ1v) is 6.93. The molecular weight excluding hydrogens is 274 g/mol. The smallest absolute Gasteiger partial charge is 0.234 e. The van der Waals surface area contributed by atoms with Gasteiger partial charge in [-0.25, -0.2) is 5.43 Å². The van der Waals surface area contributed by atoms with Crippen LogP contribution in [-0.2, 0) is 0 Å². The SMILES string of the molecule is Cc1ccccc1/C=N/N=C(N)N/N=C/c1ccccc1C. The molecule has 0 amide bonds. The Hall–Kier alpha value is -2.95.